The smallest absolute Gasteiger partial charge is 0.236 e. The van der Waals surface area contributed by atoms with Gasteiger partial charge in [0.2, 0.25) is 11.8 Å². The molecule has 0 radical (unpaired) electrons. The number of nitrogens with one attached hydrogen (secondary N) is 1. The lowest BCUT2D eigenvalue weighted by Gasteiger charge is -2.32. The topological polar surface area (TPSA) is 73.2 Å². The summed E-state index contributed by atoms with van der Waals surface area (Å²) in [4.78, 5) is 25.2. The summed E-state index contributed by atoms with van der Waals surface area (Å²) in [7, 11) is 0. The van der Waals surface area contributed by atoms with E-state index in [1.54, 1.807) is 17.0 Å². The van der Waals surface area contributed by atoms with Crippen LogP contribution in [0.15, 0.2) is 24.3 Å². The number of hydrogen-bond donors (Lipinski definition) is 1. The van der Waals surface area contributed by atoms with Gasteiger partial charge in [0.15, 0.2) is 0 Å². The lowest BCUT2D eigenvalue weighted by molar-refractivity contribution is -0.131. The quantitative estimate of drug-likeness (QED) is 0.899. The molecule has 1 aliphatic heterocycles. The Bertz CT molecular complexity index is 587. The van der Waals surface area contributed by atoms with Crippen molar-refractivity contribution in [2.45, 2.75) is 38.1 Å². The average Bonchev–Trinajstić information content (AvgIpc) is 2.55. The summed E-state index contributed by atoms with van der Waals surface area (Å²) in [5.74, 6) is -0.458. The number of amides is 2. The van der Waals surface area contributed by atoms with Crippen molar-refractivity contribution in [2.24, 2.45) is 0 Å². The summed E-state index contributed by atoms with van der Waals surface area (Å²) in [5.41, 5.74) is 0.929. The SMILES string of the molecule is N#CCC(=O)N1CCC(NC(=O)CCc2ccc(F)cc2)CC1. The predicted octanol–water partition coefficient (Wildman–Crippen LogP) is 1.78. The zero-order chi connectivity index (χ0) is 16.7. The Morgan fingerprint density at radius 1 is 1.26 bits per heavy atom. The number of nitrogens with zero attached hydrogens (tertiary/aromatic N) is 2. The second kappa shape index (κ2) is 8.28. The van der Waals surface area contributed by atoms with Crippen molar-refractivity contribution >= 4 is 11.8 Å². The van der Waals surface area contributed by atoms with E-state index in [2.05, 4.69) is 5.32 Å². The Morgan fingerprint density at radius 3 is 2.52 bits per heavy atom. The van der Waals surface area contributed by atoms with Gasteiger partial charge in [-0.2, -0.15) is 5.26 Å². The fourth-order valence-electron chi connectivity index (χ4n) is 2.66. The molecule has 0 spiro atoms. The van der Waals surface area contributed by atoms with E-state index in [9.17, 15) is 14.0 Å². The first-order valence-corrected chi connectivity index (χ1v) is 7.77. The van der Waals surface area contributed by atoms with Crippen LogP contribution in [0.3, 0.4) is 0 Å². The predicted molar refractivity (Wildman–Crippen MR) is 82.7 cm³/mol. The highest BCUT2D eigenvalue weighted by Gasteiger charge is 2.23. The third-order valence-electron chi connectivity index (χ3n) is 4.00. The molecule has 1 N–H and O–H groups in total. The molecule has 0 bridgehead atoms. The molecule has 122 valence electrons. The highest BCUT2D eigenvalue weighted by Crippen LogP contribution is 2.12. The van der Waals surface area contributed by atoms with Gasteiger partial charge < -0.3 is 10.2 Å². The first-order valence-electron chi connectivity index (χ1n) is 7.77. The summed E-state index contributed by atoms with van der Waals surface area (Å²) in [6, 6.07) is 8.08. The Kier molecular flexibility index (Phi) is 6.10. The summed E-state index contributed by atoms with van der Waals surface area (Å²) >= 11 is 0. The normalized spacial score (nSPS) is 15.0. The van der Waals surface area contributed by atoms with Crippen LogP contribution in [0.2, 0.25) is 0 Å². The first-order chi connectivity index (χ1) is 11.1. The summed E-state index contributed by atoms with van der Waals surface area (Å²) in [5, 5.41) is 11.5. The third kappa shape index (κ3) is 5.37. The van der Waals surface area contributed by atoms with Gasteiger partial charge in [0, 0.05) is 25.6 Å². The highest BCUT2D eigenvalue weighted by atomic mass is 19.1. The molecule has 1 aliphatic rings. The minimum absolute atomic E-state index is 0.0314. The van der Waals surface area contributed by atoms with E-state index in [4.69, 9.17) is 5.26 Å². The van der Waals surface area contributed by atoms with Crippen LogP contribution in [0.25, 0.3) is 0 Å². The molecule has 1 aromatic carbocycles. The molecule has 0 saturated carbocycles. The fourth-order valence-corrected chi connectivity index (χ4v) is 2.66. The van der Waals surface area contributed by atoms with Gasteiger partial charge in [-0.05, 0) is 37.0 Å². The number of piperidine rings is 1. The number of carbonyl (C=O) groups excluding carboxylic acids is 2. The van der Waals surface area contributed by atoms with Crippen molar-refractivity contribution in [1.82, 2.24) is 10.2 Å². The van der Waals surface area contributed by atoms with Gasteiger partial charge in [-0.25, -0.2) is 4.39 Å². The van der Waals surface area contributed by atoms with Crippen LogP contribution in [-0.4, -0.2) is 35.8 Å². The lowest BCUT2D eigenvalue weighted by atomic mass is 10.0. The van der Waals surface area contributed by atoms with E-state index in [0.717, 1.165) is 5.56 Å². The second-order valence-corrected chi connectivity index (χ2v) is 5.68. The minimum atomic E-state index is -0.282. The zero-order valence-corrected chi connectivity index (χ0v) is 12.9. The van der Waals surface area contributed by atoms with Crippen LogP contribution in [-0.2, 0) is 16.0 Å². The third-order valence-corrected chi connectivity index (χ3v) is 4.00. The van der Waals surface area contributed by atoms with E-state index in [0.29, 0.717) is 38.8 Å². The molecule has 5 nitrogen and oxygen atoms in total. The van der Waals surface area contributed by atoms with Crippen LogP contribution in [0.5, 0.6) is 0 Å². The molecule has 6 heteroatoms. The zero-order valence-electron chi connectivity index (χ0n) is 12.9. The molecule has 1 aromatic rings. The molecule has 0 aromatic heterocycles. The second-order valence-electron chi connectivity index (χ2n) is 5.68. The van der Waals surface area contributed by atoms with E-state index in [-0.39, 0.29) is 30.1 Å². The van der Waals surface area contributed by atoms with E-state index in [1.807, 2.05) is 6.07 Å². The maximum absolute atomic E-state index is 12.8. The largest absolute Gasteiger partial charge is 0.353 e. The first kappa shape index (κ1) is 16.9. The summed E-state index contributed by atoms with van der Waals surface area (Å²) in [6.45, 7) is 1.15. The number of benzene rings is 1. The molecule has 1 fully saturated rings. The van der Waals surface area contributed by atoms with Crippen molar-refractivity contribution in [3.05, 3.63) is 35.6 Å². The Balaban J connectivity index is 1.69. The average molecular weight is 317 g/mol. The van der Waals surface area contributed by atoms with Gasteiger partial charge >= 0.3 is 0 Å². The van der Waals surface area contributed by atoms with E-state index in [1.165, 1.54) is 12.1 Å². The van der Waals surface area contributed by atoms with Gasteiger partial charge in [-0.1, -0.05) is 12.1 Å². The number of halogens is 1. The molecule has 23 heavy (non-hydrogen) atoms. The van der Waals surface area contributed by atoms with Crippen LogP contribution in [0.1, 0.15) is 31.2 Å². The van der Waals surface area contributed by atoms with Crippen LogP contribution < -0.4 is 5.32 Å². The fraction of sp³-hybridized carbons (Fsp3) is 0.471. The molecule has 1 saturated heterocycles. The standard InChI is InChI=1S/C17H20FN3O2/c18-14-4-1-13(2-5-14)3-6-16(22)20-15-8-11-21(12-9-15)17(23)7-10-19/h1-2,4-5,15H,3,6-9,11-12H2,(H,20,22). The highest BCUT2D eigenvalue weighted by molar-refractivity contribution is 5.78. The number of nitriles is 1. The van der Waals surface area contributed by atoms with Crippen LogP contribution >= 0.6 is 0 Å². The van der Waals surface area contributed by atoms with Gasteiger partial charge in [-0.3, -0.25) is 9.59 Å². The van der Waals surface area contributed by atoms with Gasteiger partial charge in [0.1, 0.15) is 12.2 Å². The van der Waals surface area contributed by atoms with Crippen molar-refractivity contribution < 1.29 is 14.0 Å². The molecule has 2 rings (SSSR count). The molecular formula is C17H20FN3O2. The maximum Gasteiger partial charge on any atom is 0.236 e. The molecule has 0 atom stereocenters. The Morgan fingerprint density at radius 2 is 1.91 bits per heavy atom. The van der Waals surface area contributed by atoms with Gasteiger partial charge in [-0.15, -0.1) is 0 Å². The number of likely N-dealkylation sites (tertiary alicyclic amines) is 1. The van der Waals surface area contributed by atoms with Crippen LogP contribution in [0.4, 0.5) is 4.39 Å². The van der Waals surface area contributed by atoms with Crippen molar-refractivity contribution in [2.75, 3.05) is 13.1 Å². The van der Waals surface area contributed by atoms with Crippen molar-refractivity contribution in [3.8, 4) is 6.07 Å². The number of rotatable bonds is 5. The molecule has 1 heterocycles. The van der Waals surface area contributed by atoms with E-state index >= 15 is 0 Å². The van der Waals surface area contributed by atoms with E-state index < -0.39 is 0 Å². The minimum Gasteiger partial charge on any atom is -0.353 e. The van der Waals surface area contributed by atoms with Crippen molar-refractivity contribution in [1.29, 1.82) is 5.26 Å². The molecule has 0 unspecified atom stereocenters. The maximum atomic E-state index is 12.8. The van der Waals surface area contributed by atoms with Crippen molar-refractivity contribution in [3.63, 3.8) is 0 Å². The number of hydrogen-bond acceptors (Lipinski definition) is 3. The molecule has 0 aliphatic carbocycles. The summed E-state index contributed by atoms with van der Waals surface area (Å²) in [6.07, 6.45) is 2.26. The Labute approximate surface area is 135 Å². The molecule has 2 amide bonds. The Hall–Kier alpha value is -2.42. The lowest BCUT2D eigenvalue weighted by Crippen LogP contribution is -2.46. The van der Waals surface area contributed by atoms with Gasteiger partial charge in [0.05, 0.1) is 6.07 Å². The molecular weight excluding hydrogens is 297 g/mol. The monoisotopic (exact) mass is 317 g/mol. The summed E-state index contributed by atoms with van der Waals surface area (Å²) < 4.78 is 12.8. The number of carbonyl (C=O) groups is 2. The van der Waals surface area contributed by atoms with Gasteiger partial charge in [0.25, 0.3) is 0 Å². The van der Waals surface area contributed by atoms with Crippen LogP contribution in [0, 0.1) is 17.1 Å². The number of aryl methyl sites for hydroxylation is 1.